The molecule has 1 saturated heterocycles. The fraction of sp³-hybridized carbons (Fsp3) is 0.182. The first kappa shape index (κ1) is 22.8. The average Bonchev–Trinajstić information content (AvgIpc) is 3.01. The van der Waals surface area contributed by atoms with Gasteiger partial charge in [-0.1, -0.05) is 60.2 Å². The van der Waals surface area contributed by atoms with Crippen LogP contribution in [0.25, 0.3) is 11.7 Å². The van der Waals surface area contributed by atoms with Gasteiger partial charge in [0.2, 0.25) is 5.88 Å². The number of halogens is 2. The van der Waals surface area contributed by atoms with Crippen molar-refractivity contribution in [2.45, 2.75) is 20.3 Å². The van der Waals surface area contributed by atoms with Gasteiger partial charge in [0.05, 0.1) is 9.93 Å². The van der Waals surface area contributed by atoms with Crippen LogP contribution in [0.1, 0.15) is 24.5 Å². The number of rotatable bonds is 5. The van der Waals surface area contributed by atoms with Crippen molar-refractivity contribution in [1.29, 1.82) is 0 Å². The number of fused-ring (bicyclic) bond motifs is 1. The molecule has 6 nitrogen and oxygen atoms in total. The summed E-state index contributed by atoms with van der Waals surface area (Å²) in [5, 5.41) is 0.717. The molecule has 1 aliphatic rings. The first-order valence-corrected chi connectivity index (χ1v) is 11.7. The summed E-state index contributed by atoms with van der Waals surface area (Å²) in [4.78, 5) is 32.7. The van der Waals surface area contributed by atoms with Crippen molar-refractivity contribution in [2.75, 3.05) is 6.54 Å². The molecule has 10 heteroatoms. The van der Waals surface area contributed by atoms with E-state index in [-0.39, 0.29) is 33.7 Å². The predicted molar refractivity (Wildman–Crippen MR) is 133 cm³/mol. The molecule has 0 N–H and O–H groups in total. The summed E-state index contributed by atoms with van der Waals surface area (Å²) in [6, 6.07) is 8.35. The summed E-state index contributed by atoms with van der Waals surface area (Å²) in [7, 11) is 0. The standard InChI is InChI=1S/C22H17Cl2N3O3S2/c1-3-8-27-21(29)17(32-22(27)31)11-14-19(30-16-7-6-13(23)10-15(16)24)25-18-12(2)5-4-9-26(18)20(14)28/h4-7,9-11H,3,8H2,1-2H3/b17-11+. The Hall–Kier alpha value is -2.39. The number of carbonyl (C=O) groups is 1. The van der Waals surface area contributed by atoms with Crippen molar-refractivity contribution in [2.24, 2.45) is 0 Å². The third-order valence-electron chi connectivity index (χ3n) is 4.75. The lowest BCUT2D eigenvalue weighted by molar-refractivity contribution is -0.122. The number of aryl methyl sites for hydroxylation is 1. The minimum atomic E-state index is -0.375. The topological polar surface area (TPSA) is 63.9 Å². The van der Waals surface area contributed by atoms with E-state index in [2.05, 4.69) is 4.98 Å². The third-order valence-corrected chi connectivity index (χ3v) is 6.65. The van der Waals surface area contributed by atoms with Gasteiger partial charge in [-0.2, -0.15) is 4.98 Å². The summed E-state index contributed by atoms with van der Waals surface area (Å²) in [6.07, 6.45) is 3.87. The molecule has 32 heavy (non-hydrogen) atoms. The molecule has 0 radical (unpaired) electrons. The van der Waals surface area contributed by atoms with Crippen molar-refractivity contribution in [3.63, 3.8) is 0 Å². The van der Waals surface area contributed by atoms with E-state index >= 15 is 0 Å². The van der Waals surface area contributed by atoms with Crippen LogP contribution in [-0.4, -0.2) is 31.1 Å². The van der Waals surface area contributed by atoms with Crippen LogP contribution in [0.2, 0.25) is 10.0 Å². The number of ether oxygens (including phenoxy) is 1. The number of aromatic nitrogens is 2. The van der Waals surface area contributed by atoms with E-state index in [0.29, 0.717) is 26.4 Å². The third kappa shape index (κ3) is 4.28. The first-order valence-electron chi connectivity index (χ1n) is 9.70. The maximum absolute atomic E-state index is 13.4. The number of nitrogens with zero attached hydrogens (tertiary/aromatic N) is 3. The highest BCUT2D eigenvalue weighted by Gasteiger charge is 2.32. The molecule has 4 rings (SSSR count). The number of hydrogen-bond donors (Lipinski definition) is 0. The van der Waals surface area contributed by atoms with Crippen LogP contribution in [0.15, 0.2) is 46.2 Å². The lowest BCUT2D eigenvalue weighted by Gasteiger charge is -2.13. The summed E-state index contributed by atoms with van der Waals surface area (Å²) >= 11 is 18.7. The van der Waals surface area contributed by atoms with Crippen molar-refractivity contribution in [3.05, 3.63) is 73.0 Å². The SMILES string of the molecule is CCCN1C(=O)/C(=C\c2c(Oc3ccc(Cl)cc3Cl)nc3c(C)cccn3c2=O)SC1=S. The van der Waals surface area contributed by atoms with Crippen molar-refractivity contribution in [3.8, 4) is 11.6 Å². The van der Waals surface area contributed by atoms with Crippen LogP contribution in [0.3, 0.4) is 0 Å². The number of pyridine rings is 1. The van der Waals surface area contributed by atoms with E-state index < -0.39 is 0 Å². The number of hydrogen-bond acceptors (Lipinski definition) is 6. The first-order chi connectivity index (χ1) is 15.3. The van der Waals surface area contributed by atoms with E-state index in [1.807, 2.05) is 19.9 Å². The van der Waals surface area contributed by atoms with Gasteiger partial charge in [0, 0.05) is 17.8 Å². The van der Waals surface area contributed by atoms with E-state index in [1.165, 1.54) is 21.4 Å². The molecule has 1 amide bonds. The second kappa shape index (κ2) is 9.23. The Labute approximate surface area is 203 Å². The van der Waals surface area contributed by atoms with Gasteiger partial charge in [0.1, 0.15) is 21.3 Å². The maximum atomic E-state index is 13.4. The molecule has 1 fully saturated rings. The number of thiocarbonyl (C=S) groups is 1. The Kier molecular flexibility index (Phi) is 6.57. The van der Waals surface area contributed by atoms with Crippen LogP contribution in [-0.2, 0) is 4.79 Å². The van der Waals surface area contributed by atoms with Crippen LogP contribution in [0, 0.1) is 6.92 Å². The molecule has 0 atom stereocenters. The zero-order chi connectivity index (χ0) is 23.0. The highest BCUT2D eigenvalue weighted by Crippen LogP contribution is 2.36. The number of carbonyl (C=O) groups excluding carboxylic acids is 1. The molecule has 0 bridgehead atoms. The number of benzene rings is 1. The van der Waals surface area contributed by atoms with Gasteiger partial charge in [-0.15, -0.1) is 0 Å². The minimum Gasteiger partial charge on any atom is -0.437 e. The summed E-state index contributed by atoms with van der Waals surface area (Å²) < 4.78 is 7.83. The van der Waals surface area contributed by atoms with E-state index in [9.17, 15) is 9.59 Å². The van der Waals surface area contributed by atoms with Gasteiger partial charge in [-0.05, 0) is 49.2 Å². The molecule has 0 saturated carbocycles. The molecule has 3 heterocycles. The lowest BCUT2D eigenvalue weighted by Crippen LogP contribution is -2.28. The van der Waals surface area contributed by atoms with Crippen molar-refractivity contribution in [1.82, 2.24) is 14.3 Å². The van der Waals surface area contributed by atoms with Gasteiger partial charge >= 0.3 is 0 Å². The molecular formula is C22H17Cl2N3O3S2. The summed E-state index contributed by atoms with van der Waals surface area (Å²) in [5.74, 6) is 0.0782. The molecule has 1 aliphatic heterocycles. The van der Waals surface area contributed by atoms with Gasteiger partial charge < -0.3 is 4.74 Å². The Balaban J connectivity index is 1.90. The highest BCUT2D eigenvalue weighted by molar-refractivity contribution is 8.26. The van der Waals surface area contributed by atoms with E-state index in [1.54, 1.807) is 24.4 Å². The Morgan fingerprint density at radius 1 is 1.25 bits per heavy atom. The molecule has 0 aliphatic carbocycles. The number of amides is 1. The Morgan fingerprint density at radius 2 is 2.03 bits per heavy atom. The monoisotopic (exact) mass is 505 g/mol. The van der Waals surface area contributed by atoms with Crippen LogP contribution >= 0.6 is 47.2 Å². The average molecular weight is 506 g/mol. The normalized spacial score (nSPS) is 15.2. The van der Waals surface area contributed by atoms with Crippen LogP contribution < -0.4 is 10.3 Å². The summed E-state index contributed by atoms with van der Waals surface area (Å²) in [5.41, 5.74) is 0.974. The zero-order valence-electron chi connectivity index (χ0n) is 17.1. The zero-order valence-corrected chi connectivity index (χ0v) is 20.2. The van der Waals surface area contributed by atoms with E-state index in [4.69, 9.17) is 40.2 Å². The molecule has 0 unspecified atom stereocenters. The largest absolute Gasteiger partial charge is 0.437 e. The number of thioether (sulfide) groups is 1. The van der Waals surface area contributed by atoms with Crippen LogP contribution in [0.4, 0.5) is 0 Å². The van der Waals surface area contributed by atoms with Crippen molar-refractivity contribution < 1.29 is 9.53 Å². The highest BCUT2D eigenvalue weighted by atomic mass is 35.5. The Morgan fingerprint density at radius 3 is 2.75 bits per heavy atom. The molecule has 0 spiro atoms. The molecule has 1 aromatic carbocycles. The van der Waals surface area contributed by atoms with Crippen LogP contribution in [0.5, 0.6) is 11.6 Å². The van der Waals surface area contributed by atoms with Crippen molar-refractivity contribution >= 4 is 69.1 Å². The quantitative estimate of drug-likeness (QED) is 0.326. The summed E-state index contributed by atoms with van der Waals surface area (Å²) in [6.45, 7) is 4.32. The van der Waals surface area contributed by atoms with E-state index in [0.717, 1.165) is 23.7 Å². The Bertz CT molecular complexity index is 1350. The molecular weight excluding hydrogens is 489 g/mol. The van der Waals surface area contributed by atoms with Gasteiger partial charge in [0.15, 0.2) is 0 Å². The molecule has 164 valence electrons. The maximum Gasteiger partial charge on any atom is 0.269 e. The smallest absolute Gasteiger partial charge is 0.269 e. The van der Waals surface area contributed by atoms with Gasteiger partial charge in [0.25, 0.3) is 11.5 Å². The predicted octanol–water partition coefficient (Wildman–Crippen LogP) is 5.71. The fourth-order valence-electron chi connectivity index (χ4n) is 3.20. The lowest BCUT2D eigenvalue weighted by atomic mass is 10.2. The molecule has 3 aromatic rings. The second-order valence-electron chi connectivity index (χ2n) is 7.03. The molecule has 2 aromatic heterocycles. The minimum absolute atomic E-state index is 0.0364. The second-order valence-corrected chi connectivity index (χ2v) is 9.55. The fourth-order valence-corrected chi connectivity index (χ4v) is 4.94. The van der Waals surface area contributed by atoms with Gasteiger partial charge in [-0.25, -0.2) is 0 Å². The van der Waals surface area contributed by atoms with Gasteiger partial charge in [-0.3, -0.25) is 18.9 Å².